The summed E-state index contributed by atoms with van der Waals surface area (Å²) in [5.74, 6) is 0.399. The highest BCUT2D eigenvalue weighted by atomic mass is 32.2. The van der Waals surface area contributed by atoms with Crippen LogP contribution in [0.5, 0.6) is 0 Å². The van der Waals surface area contributed by atoms with E-state index >= 15 is 0 Å². The first-order valence-corrected chi connectivity index (χ1v) is 5.92. The molecule has 0 saturated carbocycles. The maximum atomic E-state index is 11.0. The van der Waals surface area contributed by atoms with Gasteiger partial charge in [-0.3, -0.25) is 9.69 Å². The molecular formula is C8H16N2O3S. The van der Waals surface area contributed by atoms with Gasteiger partial charge in [-0.05, 0) is 0 Å². The molecule has 0 aromatic rings. The van der Waals surface area contributed by atoms with E-state index in [0.717, 1.165) is 26.2 Å². The highest BCUT2D eigenvalue weighted by Crippen LogP contribution is 2.01. The molecule has 0 aromatic carbocycles. The van der Waals surface area contributed by atoms with Crippen LogP contribution in [0.15, 0.2) is 0 Å². The van der Waals surface area contributed by atoms with Gasteiger partial charge in [0.2, 0.25) is 5.91 Å². The summed E-state index contributed by atoms with van der Waals surface area (Å²) in [5, 5.41) is 0. The molecule has 0 spiro atoms. The zero-order valence-corrected chi connectivity index (χ0v) is 9.13. The number of carbonyl (C=O) groups is 1. The molecular weight excluding hydrogens is 204 g/mol. The van der Waals surface area contributed by atoms with Crippen molar-refractivity contribution in [2.45, 2.75) is 6.92 Å². The average molecular weight is 220 g/mol. The lowest BCUT2D eigenvalue weighted by Crippen LogP contribution is -2.48. The second kappa shape index (κ2) is 5.43. The van der Waals surface area contributed by atoms with Gasteiger partial charge in [0.05, 0.1) is 5.75 Å². The van der Waals surface area contributed by atoms with E-state index in [2.05, 4.69) is 4.90 Å². The fraction of sp³-hybridized carbons (Fsp3) is 0.875. The Labute approximate surface area is 86.3 Å². The summed E-state index contributed by atoms with van der Waals surface area (Å²) in [6.07, 6.45) is 0. The Balaban J connectivity index is 2.22. The number of nitrogens with zero attached hydrogens (tertiary/aromatic N) is 2. The summed E-state index contributed by atoms with van der Waals surface area (Å²) >= 11 is -1.71. The first kappa shape index (κ1) is 11.6. The van der Waals surface area contributed by atoms with Crippen LogP contribution in [-0.4, -0.2) is 62.9 Å². The van der Waals surface area contributed by atoms with Gasteiger partial charge < -0.3 is 9.45 Å². The molecule has 5 nitrogen and oxygen atoms in total. The van der Waals surface area contributed by atoms with E-state index in [-0.39, 0.29) is 5.91 Å². The average Bonchev–Trinajstić information content (AvgIpc) is 2.15. The summed E-state index contributed by atoms with van der Waals surface area (Å²) in [5.41, 5.74) is 0. The first-order chi connectivity index (χ1) is 6.59. The number of rotatable bonds is 3. The standard InChI is InChI=1S/C8H16N2O3S/c1-8(11)10-4-2-9(3-5-10)6-7-14(12)13/h2-7H2,1H3,(H,12,13). The zero-order chi connectivity index (χ0) is 10.6. The Morgan fingerprint density at radius 1 is 1.36 bits per heavy atom. The van der Waals surface area contributed by atoms with Crippen LogP contribution < -0.4 is 0 Å². The second-order valence-electron chi connectivity index (χ2n) is 3.37. The molecule has 1 atom stereocenters. The van der Waals surface area contributed by atoms with Crippen molar-refractivity contribution in [1.82, 2.24) is 9.80 Å². The lowest BCUT2D eigenvalue weighted by Gasteiger charge is -2.33. The Morgan fingerprint density at radius 3 is 2.36 bits per heavy atom. The van der Waals surface area contributed by atoms with Gasteiger partial charge in [0.25, 0.3) is 0 Å². The van der Waals surface area contributed by atoms with E-state index < -0.39 is 11.1 Å². The third-order valence-electron chi connectivity index (χ3n) is 2.40. The fourth-order valence-electron chi connectivity index (χ4n) is 1.49. The van der Waals surface area contributed by atoms with Gasteiger partial charge in [0.1, 0.15) is 0 Å². The van der Waals surface area contributed by atoms with Gasteiger partial charge in [0.15, 0.2) is 11.1 Å². The van der Waals surface area contributed by atoms with Crippen molar-refractivity contribution < 1.29 is 13.6 Å². The fourth-order valence-corrected chi connectivity index (χ4v) is 1.91. The van der Waals surface area contributed by atoms with Crippen molar-refractivity contribution in [3.63, 3.8) is 0 Å². The second-order valence-corrected chi connectivity index (χ2v) is 4.42. The van der Waals surface area contributed by atoms with Crippen molar-refractivity contribution in [2.75, 3.05) is 38.5 Å². The lowest BCUT2D eigenvalue weighted by atomic mass is 10.3. The number of carbonyl (C=O) groups excluding carboxylic acids is 1. The van der Waals surface area contributed by atoms with Gasteiger partial charge in [-0.25, -0.2) is 4.21 Å². The topological polar surface area (TPSA) is 60.9 Å². The van der Waals surface area contributed by atoms with Crippen LogP contribution in [0.3, 0.4) is 0 Å². The van der Waals surface area contributed by atoms with E-state index in [4.69, 9.17) is 4.55 Å². The van der Waals surface area contributed by atoms with Gasteiger partial charge in [-0.1, -0.05) is 0 Å². The SMILES string of the molecule is CC(=O)N1CCN(CCS(=O)O)CC1. The van der Waals surface area contributed by atoms with E-state index in [1.54, 1.807) is 11.8 Å². The highest BCUT2D eigenvalue weighted by molar-refractivity contribution is 7.79. The molecule has 1 unspecified atom stereocenters. The monoisotopic (exact) mass is 220 g/mol. The molecule has 0 aliphatic carbocycles. The van der Waals surface area contributed by atoms with Crippen molar-refractivity contribution in [3.05, 3.63) is 0 Å². The maximum Gasteiger partial charge on any atom is 0.219 e. The number of hydrogen-bond donors (Lipinski definition) is 1. The van der Waals surface area contributed by atoms with Crippen LogP contribution >= 0.6 is 0 Å². The van der Waals surface area contributed by atoms with Crippen molar-refractivity contribution in [3.8, 4) is 0 Å². The molecule has 0 aromatic heterocycles. The number of hydrogen-bond acceptors (Lipinski definition) is 3. The molecule has 1 N–H and O–H groups in total. The molecule has 1 saturated heterocycles. The summed E-state index contributed by atoms with van der Waals surface area (Å²) in [6.45, 7) is 5.27. The van der Waals surface area contributed by atoms with E-state index in [0.29, 0.717) is 12.3 Å². The lowest BCUT2D eigenvalue weighted by molar-refractivity contribution is -0.130. The number of piperazine rings is 1. The van der Waals surface area contributed by atoms with Gasteiger partial charge in [-0.15, -0.1) is 0 Å². The van der Waals surface area contributed by atoms with Crippen LogP contribution in [0.4, 0.5) is 0 Å². The van der Waals surface area contributed by atoms with Crippen molar-refractivity contribution >= 4 is 17.0 Å². The predicted molar refractivity (Wildman–Crippen MR) is 54.3 cm³/mol. The minimum atomic E-state index is -1.71. The van der Waals surface area contributed by atoms with Gasteiger partial charge >= 0.3 is 0 Å². The summed E-state index contributed by atoms with van der Waals surface area (Å²) < 4.78 is 19.0. The third kappa shape index (κ3) is 3.73. The minimum Gasteiger partial charge on any atom is -0.340 e. The van der Waals surface area contributed by atoms with Crippen LogP contribution in [0.2, 0.25) is 0 Å². The molecule has 1 aliphatic rings. The minimum absolute atomic E-state index is 0.107. The van der Waals surface area contributed by atoms with Crippen LogP contribution in [0, 0.1) is 0 Å². The molecule has 6 heteroatoms. The number of amides is 1. The Kier molecular flexibility index (Phi) is 4.50. The van der Waals surface area contributed by atoms with Crippen LogP contribution in [0.25, 0.3) is 0 Å². The van der Waals surface area contributed by atoms with Gasteiger partial charge in [0, 0.05) is 39.6 Å². The van der Waals surface area contributed by atoms with Crippen LogP contribution in [0.1, 0.15) is 6.92 Å². The molecule has 0 radical (unpaired) electrons. The van der Waals surface area contributed by atoms with E-state index in [9.17, 15) is 9.00 Å². The molecule has 1 fully saturated rings. The van der Waals surface area contributed by atoms with Crippen LogP contribution in [-0.2, 0) is 15.9 Å². The largest absolute Gasteiger partial charge is 0.340 e. The van der Waals surface area contributed by atoms with Crippen molar-refractivity contribution in [2.24, 2.45) is 0 Å². The summed E-state index contributed by atoms with van der Waals surface area (Å²) in [6, 6.07) is 0. The predicted octanol–water partition coefficient (Wildman–Crippen LogP) is -0.628. The van der Waals surface area contributed by atoms with Crippen molar-refractivity contribution in [1.29, 1.82) is 0 Å². The summed E-state index contributed by atoms with van der Waals surface area (Å²) in [4.78, 5) is 14.9. The molecule has 1 amide bonds. The van der Waals surface area contributed by atoms with E-state index in [1.807, 2.05) is 0 Å². The smallest absolute Gasteiger partial charge is 0.219 e. The first-order valence-electron chi connectivity index (χ1n) is 4.65. The third-order valence-corrected chi connectivity index (χ3v) is 2.93. The molecule has 82 valence electrons. The normalized spacial score (nSPS) is 20.9. The molecule has 1 heterocycles. The Morgan fingerprint density at radius 2 is 1.93 bits per heavy atom. The molecule has 0 bridgehead atoms. The maximum absolute atomic E-state index is 11.0. The van der Waals surface area contributed by atoms with E-state index in [1.165, 1.54) is 0 Å². The quantitative estimate of drug-likeness (QED) is 0.643. The molecule has 1 rings (SSSR count). The molecule has 14 heavy (non-hydrogen) atoms. The zero-order valence-electron chi connectivity index (χ0n) is 8.31. The molecule has 1 aliphatic heterocycles. The highest BCUT2D eigenvalue weighted by Gasteiger charge is 2.18. The Bertz CT molecular complexity index is 227. The van der Waals surface area contributed by atoms with Gasteiger partial charge in [-0.2, -0.15) is 0 Å². The Hall–Kier alpha value is -0.460. The summed E-state index contributed by atoms with van der Waals surface area (Å²) in [7, 11) is 0.